The van der Waals surface area contributed by atoms with E-state index < -0.39 is 0 Å². The molecule has 1 saturated heterocycles. The Morgan fingerprint density at radius 1 is 1.69 bits per heavy atom. The highest BCUT2D eigenvalue weighted by Crippen LogP contribution is 2.13. The van der Waals surface area contributed by atoms with Crippen LogP contribution in [0.2, 0.25) is 0 Å². The van der Waals surface area contributed by atoms with Crippen molar-refractivity contribution in [3.05, 3.63) is 28.5 Å². The van der Waals surface area contributed by atoms with Crippen LogP contribution in [0.15, 0.2) is 22.9 Å². The summed E-state index contributed by atoms with van der Waals surface area (Å²) in [5, 5.41) is 2.85. The molecule has 0 aliphatic carbocycles. The van der Waals surface area contributed by atoms with Crippen molar-refractivity contribution in [2.24, 2.45) is 0 Å². The summed E-state index contributed by atoms with van der Waals surface area (Å²) in [7, 11) is 0. The first-order chi connectivity index (χ1) is 7.77. The van der Waals surface area contributed by atoms with Crippen LogP contribution in [0.3, 0.4) is 0 Å². The van der Waals surface area contributed by atoms with Gasteiger partial charge in [0.2, 0.25) is 0 Å². The van der Waals surface area contributed by atoms with E-state index in [-0.39, 0.29) is 12.0 Å². The second-order valence-corrected chi connectivity index (χ2v) is 4.44. The Labute approximate surface area is 103 Å². The number of hydrogen-bond acceptors (Lipinski definition) is 3. The minimum Gasteiger partial charge on any atom is -0.376 e. The summed E-state index contributed by atoms with van der Waals surface area (Å²) in [6.45, 7) is 1.37. The van der Waals surface area contributed by atoms with Gasteiger partial charge in [-0.25, -0.2) is 4.98 Å². The molecular weight excluding hydrogens is 272 g/mol. The van der Waals surface area contributed by atoms with E-state index in [1.165, 1.54) is 0 Å². The Balaban J connectivity index is 1.90. The number of amides is 1. The Bertz CT molecular complexity index is 378. The summed E-state index contributed by atoms with van der Waals surface area (Å²) >= 11 is 3.25. The molecule has 1 aliphatic rings. The zero-order chi connectivity index (χ0) is 11.4. The van der Waals surface area contributed by atoms with Crippen molar-refractivity contribution in [1.82, 2.24) is 10.3 Å². The lowest BCUT2D eigenvalue weighted by Crippen LogP contribution is -2.32. The van der Waals surface area contributed by atoms with Gasteiger partial charge < -0.3 is 10.1 Å². The molecule has 1 atom stereocenters. The lowest BCUT2D eigenvalue weighted by Gasteiger charge is -2.11. The van der Waals surface area contributed by atoms with E-state index in [2.05, 4.69) is 26.2 Å². The molecule has 5 heteroatoms. The second kappa shape index (κ2) is 5.41. The molecule has 0 aromatic carbocycles. The molecule has 2 rings (SSSR count). The SMILES string of the molecule is O=C(NCC1CCCO1)c1cccnc1Br. The van der Waals surface area contributed by atoms with E-state index in [4.69, 9.17) is 4.74 Å². The molecule has 1 unspecified atom stereocenters. The van der Waals surface area contributed by atoms with E-state index in [1.54, 1.807) is 18.3 Å². The standard InChI is InChI=1S/C11H13BrN2O2/c12-10-9(4-1-5-13-10)11(15)14-7-8-3-2-6-16-8/h1,4-5,8H,2-3,6-7H2,(H,14,15). The lowest BCUT2D eigenvalue weighted by molar-refractivity contribution is 0.0857. The number of hydrogen-bond donors (Lipinski definition) is 1. The number of carbonyl (C=O) groups is 1. The lowest BCUT2D eigenvalue weighted by atomic mass is 10.2. The van der Waals surface area contributed by atoms with Crippen molar-refractivity contribution < 1.29 is 9.53 Å². The van der Waals surface area contributed by atoms with Crippen molar-refractivity contribution in [2.45, 2.75) is 18.9 Å². The Kier molecular flexibility index (Phi) is 3.90. The third kappa shape index (κ3) is 2.80. The summed E-state index contributed by atoms with van der Waals surface area (Å²) in [4.78, 5) is 15.8. The highest BCUT2D eigenvalue weighted by atomic mass is 79.9. The summed E-state index contributed by atoms with van der Waals surface area (Å²) in [6, 6.07) is 3.48. The van der Waals surface area contributed by atoms with Crippen LogP contribution in [0, 0.1) is 0 Å². The van der Waals surface area contributed by atoms with Crippen molar-refractivity contribution in [3.63, 3.8) is 0 Å². The minimum atomic E-state index is -0.115. The highest BCUT2D eigenvalue weighted by molar-refractivity contribution is 9.10. The number of rotatable bonds is 3. The van der Waals surface area contributed by atoms with E-state index in [1.807, 2.05) is 0 Å². The molecule has 2 heterocycles. The van der Waals surface area contributed by atoms with Crippen LogP contribution in [0.1, 0.15) is 23.2 Å². The van der Waals surface area contributed by atoms with Gasteiger partial charge in [-0.1, -0.05) is 0 Å². The van der Waals surface area contributed by atoms with Crippen molar-refractivity contribution in [1.29, 1.82) is 0 Å². The molecular formula is C11H13BrN2O2. The van der Waals surface area contributed by atoms with Crippen LogP contribution >= 0.6 is 15.9 Å². The van der Waals surface area contributed by atoms with Gasteiger partial charge in [-0.15, -0.1) is 0 Å². The fourth-order valence-electron chi connectivity index (χ4n) is 1.66. The van der Waals surface area contributed by atoms with Gasteiger partial charge in [0.05, 0.1) is 11.7 Å². The normalized spacial score (nSPS) is 19.7. The average molecular weight is 285 g/mol. The largest absolute Gasteiger partial charge is 0.376 e. The quantitative estimate of drug-likeness (QED) is 0.861. The molecule has 1 aliphatic heterocycles. The van der Waals surface area contributed by atoms with Gasteiger partial charge in [0.1, 0.15) is 4.60 Å². The smallest absolute Gasteiger partial charge is 0.254 e. The number of carbonyl (C=O) groups excluding carboxylic acids is 1. The fraction of sp³-hybridized carbons (Fsp3) is 0.455. The maximum Gasteiger partial charge on any atom is 0.254 e. The average Bonchev–Trinajstić information content (AvgIpc) is 2.79. The molecule has 4 nitrogen and oxygen atoms in total. The number of nitrogens with one attached hydrogen (secondary N) is 1. The van der Waals surface area contributed by atoms with Crippen LogP contribution in [-0.4, -0.2) is 30.1 Å². The third-order valence-corrected chi connectivity index (χ3v) is 3.15. The van der Waals surface area contributed by atoms with Gasteiger partial charge in [-0.3, -0.25) is 4.79 Å². The predicted molar refractivity (Wildman–Crippen MR) is 63.2 cm³/mol. The molecule has 1 aromatic heterocycles. The van der Waals surface area contributed by atoms with E-state index in [0.29, 0.717) is 16.7 Å². The third-order valence-electron chi connectivity index (χ3n) is 2.52. The second-order valence-electron chi connectivity index (χ2n) is 3.69. The number of ether oxygens (including phenoxy) is 1. The van der Waals surface area contributed by atoms with E-state index >= 15 is 0 Å². The van der Waals surface area contributed by atoms with Gasteiger partial charge in [-0.2, -0.15) is 0 Å². The van der Waals surface area contributed by atoms with E-state index in [0.717, 1.165) is 19.4 Å². The highest BCUT2D eigenvalue weighted by Gasteiger charge is 2.17. The van der Waals surface area contributed by atoms with Gasteiger partial charge in [0.15, 0.2) is 0 Å². The van der Waals surface area contributed by atoms with Crippen LogP contribution < -0.4 is 5.32 Å². The predicted octanol–water partition coefficient (Wildman–Crippen LogP) is 1.75. The Morgan fingerprint density at radius 3 is 3.25 bits per heavy atom. The fourth-order valence-corrected chi connectivity index (χ4v) is 2.09. The minimum absolute atomic E-state index is 0.115. The molecule has 16 heavy (non-hydrogen) atoms. The molecule has 0 radical (unpaired) electrons. The summed E-state index contributed by atoms with van der Waals surface area (Å²) in [6.07, 6.45) is 3.91. The number of nitrogens with zero attached hydrogens (tertiary/aromatic N) is 1. The first-order valence-electron chi connectivity index (χ1n) is 5.27. The van der Waals surface area contributed by atoms with Gasteiger partial charge in [0.25, 0.3) is 5.91 Å². The monoisotopic (exact) mass is 284 g/mol. The molecule has 1 fully saturated rings. The van der Waals surface area contributed by atoms with Crippen LogP contribution in [0.4, 0.5) is 0 Å². The zero-order valence-corrected chi connectivity index (χ0v) is 10.4. The molecule has 0 bridgehead atoms. The Hall–Kier alpha value is -0.940. The number of pyridine rings is 1. The molecule has 0 saturated carbocycles. The number of aromatic nitrogens is 1. The molecule has 1 N–H and O–H groups in total. The number of halogens is 1. The molecule has 1 amide bonds. The maximum absolute atomic E-state index is 11.8. The first kappa shape index (κ1) is 11.5. The molecule has 0 spiro atoms. The van der Waals surface area contributed by atoms with Gasteiger partial charge in [-0.05, 0) is 40.9 Å². The van der Waals surface area contributed by atoms with Crippen molar-refractivity contribution in [2.75, 3.05) is 13.2 Å². The Morgan fingerprint density at radius 2 is 2.56 bits per heavy atom. The van der Waals surface area contributed by atoms with Gasteiger partial charge >= 0.3 is 0 Å². The topological polar surface area (TPSA) is 51.2 Å². The molecule has 1 aromatic rings. The van der Waals surface area contributed by atoms with Crippen LogP contribution in [-0.2, 0) is 4.74 Å². The summed E-state index contributed by atoms with van der Waals surface area (Å²) < 4.78 is 6.00. The zero-order valence-electron chi connectivity index (χ0n) is 8.78. The summed E-state index contributed by atoms with van der Waals surface area (Å²) in [5.41, 5.74) is 0.556. The van der Waals surface area contributed by atoms with Crippen molar-refractivity contribution >= 4 is 21.8 Å². The summed E-state index contributed by atoms with van der Waals surface area (Å²) in [5.74, 6) is -0.115. The van der Waals surface area contributed by atoms with E-state index in [9.17, 15) is 4.79 Å². The van der Waals surface area contributed by atoms with Crippen LogP contribution in [0.25, 0.3) is 0 Å². The van der Waals surface area contributed by atoms with Gasteiger partial charge in [0, 0.05) is 19.3 Å². The van der Waals surface area contributed by atoms with Crippen molar-refractivity contribution in [3.8, 4) is 0 Å². The maximum atomic E-state index is 11.8. The molecule has 86 valence electrons. The van der Waals surface area contributed by atoms with Crippen LogP contribution in [0.5, 0.6) is 0 Å². The first-order valence-corrected chi connectivity index (χ1v) is 6.07.